The van der Waals surface area contributed by atoms with Crippen LogP contribution in [0.2, 0.25) is 0 Å². The van der Waals surface area contributed by atoms with Gasteiger partial charge in [0.05, 0.1) is 26.4 Å². The highest BCUT2D eigenvalue weighted by molar-refractivity contribution is 14.0. The summed E-state index contributed by atoms with van der Waals surface area (Å²) in [5, 5.41) is 5.82. The number of anilines is 1. The average Bonchev–Trinajstić information content (AvgIpc) is 3.37. The van der Waals surface area contributed by atoms with E-state index >= 15 is 0 Å². The number of piperazine rings is 1. The fourth-order valence-corrected chi connectivity index (χ4v) is 5.13. The molecular formula is C23H34IN5O2S. The van der Waals surface area contributed by atoms with Gasteiger partial charge in [0.25, 0.3) is 0 Å². The molecule has 1 atom stereocenters. The van der Waals surface area contributed by atoms with Gasteiger partial charge in [-0.25, -0.2) is 0 Å². The first-order chi connectivity index (χ1) is 15.3. The molecule has 2 saturated heterocycles. The molecule has 0 spiro atoms. The Morgan fingerprint density at radius 3 is 2.41 bits per heavy atom. The molecule has 2 fully saturated rings. The van der Waals surface area contributed by atoms with Crippen molar-refractivity contribution in [3.63, 3.8) is 0 Å². The van der Waals surface area contributed by atoms with Gasteiger partial charge in [-0.3, -0.25) is 9.89 Å². The molecular weight excluding hydrogens is 537 g/mol. The van der Waals surface area contributed by atoms with Crippen LogP contribution in [0.15, 0.2) is 46.8 Å². The van der Waals surface area contributed by atoms with Crippen LogP contribution in [-0.2, 0) is 4.74 Å². The lowest BCUT2D eigenvalue weighted by molar-refractivity contribution is 0.0176. The van der Waals surface area contributed by atoms with Gasteiger partial charge in [-0.15, -0.1) is 35.3 Å². The molecule has 2 aromatic rings. The average molecular weight is 572 g/mol. The minimum Gasteiger partial charge on any atom is -0.497 e. The maximum atomic E-state index is 5.57. The van der Waals surface area contributed by atoms with Crippen LogP contribution >= 0.6 is 35.3 Å². The topological polar surface area (TPSA) is 52.6 Å². The van der Waals surface area contributed by atoms with Crippen LogP contribution in [-0.4, -0.2) is 88.9 Å². The van der Waals surface area contributed by atoms with Gasteiger partial charge in [0.15, 0.2) is 5.96 Å². The lowest BCUT2D eigenvalue weighted by Crippen LogP contribution is -2.54. The molecule has 1 aromatic carbocycles. The minimum atomic E-state index is 0. The molecule has 0 aliphatic carbocycles. The van der Waals surface area contributed by atoms with E-state index in [1.54, 1.807) is 7.11 Å². The van der Waals surface area contributed by atoms with Crippen LogP contribution in [0.25, 0.3) is 0 Å². The Balaban J connectivity index is 0.00000289. The third-order valence-corrected chi connectivity index (χ3v) is 7.01. The quantitative estimate of drug-likeness (QED) is 0.327. The van der Waals surface area contributed by atoms with Crippen LogP contribution in [0.5, 0.6) is 5.75 Å². The van der Waals surface area contributed by atoms with E-state index in [0.717, 1.165) is 70.7 Å². The summed E-state index contributed by atoms with van der Waals surface area (Å²) >= 11 is 1.83. The summed E-state index contributed by atoms with van der Waals surface area (Å²) in [6, 6.07) is 13.0. The van der Waals surface area contributed by atoms with Crippen LogP contribution in [0, 0.1) is 0 Å². The van der Waals surface area contributed by atoms with E-state index in [1.807, 2.05) is 30.5 Å². The molecule has 0 radical (unpaired) electrons. The lowest BCUT2D eigenvalue weighted by atomic mass is 10.2. The molecule has 3 heterocycles. The number of thiophene rings is 1. The zero-order valence-corrected chi connectivity index (χ0v) is 22.1. The number of aliphatic imine (C=N–C) groups is 1. The summed E-state index contributed by atoms with van der Waals surface area (Å²) in [7, 11) is 3.58. The lowest BCUT2D eigenvalue weighted by Gasteiger charge is -2.39. The first kappa shape index (κ1) is 25.1. The van der Waals surface area contributed by atoms with Crippen molar-refractivity contribution in [1.82, 2.24) is 15.1 Å². The molecule has 9 heteroatoms. The molecule has 1 aromatic heterocycles. The van der Waals surface area contributed by atoms with Crippen LogP contribution in [0.4, 0.5) is 5.69 Å². The van der Waals surface area contributed by atoms with Crippen LogP contribution in [0.1, 0.15) is 10.9 Å². The van der Waals surface area contributed by atoms with E-state index in [4.69, 9.17) is 9.47 Å². The number of halogens is 1. The van der Waals surface area contributed by atoms with Crippen molar-refractivity contribution in [2.75, 3.05) is 78.1 Å². The molecule has 0 bridgehead atoms. The maximum Gasteiger partial charge on any atom is 0.193 e. The summed E-state index contributed by atoms with van der Waals surface area (Å²) in [6.45, 7) is 8.28. The predicted molar refractivity (Wildman–Crippen MR) is 143 cm³/mol. The smallest absolute Gasteiger partial charge is 0.193 e. The molecule has 1 unspecified atom stereocenters. The summed E-state index contributed by atoms with van der Waals surface area (Å²) < 4.78 is 10.8. The van der Waals surface area contributed by atoms with E-state index in [2.05, 4.69) is 54.7 Å². The minimum absolute atomic E-state index is 0. The van der Waals surface area contributed by atoms with Crippen molar-refractivity contribution in [3.8, 4) is 5.75 Å². The Labute approximate surface area is 212 Å². The molecule has 0 saturated carbocycles. The Bertz CT molecular complexity index is 819. The fraction of sp³-hybridized carbons (Fsp3) is 0.522. The molecule has 1 N–H and O–H groups in total. The first-order valence-electron chi connectivity index (χ1n) is 11.0. The van der Waals surface area contributed by atoms with E-state index in [0.29, 0.717) is 6.04 Å². The van der Waals surface area contributed by atoms with Crippen molar-refractivity contribution in [3.05, 3.63) is 46.7 Å². The van der Waals surface area contributed by atoms with Gasteiger partial charge in [-0.2, -0.15) is 0 Å². The van der Waals surface area contributed by atoms with Gasteiger partial charge in [-0.1, -0.05) is 6.07 Å². The normalized spacial score (nSPS) is 18.8. The number of methoxy groups -OCH3 is 1. The number of hydrogen-bond donors (Lipinski definition) is 1. The fourth-order valence-electron chi connectivity index (χ4n) is 4.27. The van der Waals surface area contributed by atoms with Gasteiger partial charge in [0, 0.05) is 63.4 Å². The molecule has 7 nitrogen and oxygen atoms in total. The van der Waals surface area contributed by atoms with Gasteiger partial charge in [-0.05, 0) is 35.7 Å². The monoisotopic (exact) mass is 571 g/mol. The zero-order valence-electron chi connectivity index (χ0n) is 18.9. The van der Waals surface area contributed by atoms with Crippen molar-refractivity contribution >= 4 is 47.0 Å². The third-order valence-electron chi connectivity index (χ3n) is 6.04. The van der Waals surface area contributed by atoms with E-state index in [-0.39, 0.29) is 24.0 Å². The number of hydrogen-bond acceptors (Lipinski definition) is 6. The van der Waals surface area contributed by atoms with Crippen molar-refractivity contribution in [1.29, 1.82) is 0 Å². The number of nitrogens with one attached hydrogen (secondary N) is 1. The summed E-state index contributed by atoms with van der Waals surface area (Å²) in [5.41, 5.74) is 1.24. The highest BCUT2D eigenvalue weighted by Gasteiger charge is 2.25. The second kappa shape index (κ2) is 12.6. The molecule has 176 valence electrons. The van der Waals surface area contributed by atoms with Gasteiger partial charge < -0.3 is 24.6 Å². The summed E-state index contributed by atoms with van der Waals surface area (Å²) in [6.07, 6.45) is 0. The Hall–Kier alpha value is -1.56. The summed E-state index contributed by atoms with van der Waals surface area (Å²) in [5.74, 6) is 1.89. The number of benzene rings is 1. The predicted octanol–water partition coefficient (Wildman–Crippen LogP) is 3.15. The SMILES string of the molecule is CN=C(NCC(c1cccs1)N1CCOCC1)N1CCN(c2ccc(OC)cc2)CC1.I. The van der Waals surface area contributed by atoms with Crippen LogP contribution < -0.4 is 15.0 Å². The van der Waals surface area contributed by atoms with Gasteiger partial charge in [0.2, 0.25) is 0 Å². The number of ether oxygens (including phenoxy) is 2. The first-order valence-corrected chi connectivity index (χ1v) is 11.9. The van der Waals surface area contributed by atoms with Crippen LogP contribution in [0.3, 0.4) is 0 Å². The maximum absolute atomic E-state index is 5.57. The van der Waals surface area contributed by atoms with E-state index < -0.39 is 0 Å². The number of nitrogens with zero attached hydrogens (tertiary/aromatic N) is 4. The number of guanidine groups is 1. The Morgan fingerprint density at radius 1 is 1.09 bits per heavy atom. The second-order valence-corrected chi connectivity index (χ2v) is 8.76. The largest absolute Gasteiger partial charge is 0.497 e. The van der Waals surface area contributed by atoms with Crippen molar-refractivity contribution < 1.29 is 9.47 Å². The molecule has 2 aliphatic rings. The molecule has 32 heavy (non-hydrogen) atoms. The van der Waals surface area contributed by atoms with Gasteiger partial charge >= 0.3 is 0 Å². The summed E-state index contributed by atoms with van der Waals surface area (Å²) in [4.78, 5) is 13.3. The zero-order chi connectivity index (χ0) is 21.5. The molecule has 2 aliphatic heterocycles. The third kappa shape index (κ3) is 6.27. The van der Waals surface area contributed by atoms with Gasteiger partial charge in [0.1, 0.15) is 5.75 Å². The highest BCUT2D eigenvalue weighted by Crippen LogP contribution is 2.25. The van der Waals surface area contributed by atoms with E-state index in [1.165, 1.54) is 10.6 Å². The molecule has 4 rings (SSSR count). The number of morpholine rings is 1. The number of rotatable bonds is 6. The molecule has 0 amide bonds. The van der Waals surface area contributed by atoms with E-state index in [9.17, 15) is 0 Å². The van der Waals surface area contributed by atoms with Crippen molar-refractivity contribution in [2.24, 2.45) is 4.99 Å². The Morgan fingerprint density at radius 2 is 1.81 bits per heavy atom. The van der Waals surface area contributed by atoms with Crippen molar-refractivity contribution in [2.45, 2.75) is 6.04 Å². The highest BCUT2D eigenvalue weighted by atomic mass is 127. The Kier molecular flexibility index (Phi) is 9.89. The standard InChI is InChI=1S/C23H33N5O2S.HI/c1-24-23(25-18-21(22-4-3-17-31-22)27-13-15-30-16-14-27)28-11-9-26(10-12-28)19-5-7-20(29-2)8-6-19;/h3-8,17,21H,9-16,18H2,1-2H3,(H,24,25);1H. The second-order valence-electron chi connectivity index (χ2n) is 7.78.